The van der Waals surface area contributed by atoms with Crippen molar-refractivity contribution in [2.75, 3.05) is 5.32 Å². The molecule has 2 atom stereocenters. The summed E-state index contributed by atoms with van der Waals surface area (Å²) in [4.78, 5) is 4.27. The number of rotatable bonds is 2. The number of pyridine rings is 1. The highest BCUT2D eigenvalue weighted by atomic mass is 15.0. The molecule has 0 spiro atoms. The van der Waals surface area contributed by atoms with Crippen LogP contribution in [0.5, 0.6) is 0 Å². The molecule has 1 aliphatic rings. The van der Waals surface area contributed by atoms with Gasteiger partial charge < -0.3 is 5.32 Å². The van der Waals surface area contributed by atoms with E-state index in [2.05, 4.69) is 23.3 Å². The first-order valence-electron chi connectivity index (χ1n) is 5.84. The molecule has 1 heterocycles. The molecule has 1 aromatic rings. The Morgan fingerprint density at radius 2 is 2.31 bits per heavy atom. The summed E-state index contributed by atoms with van der Waals surface area (Å²) < 4.78 is 0. The van der Waals surface area contributed by atoms with Crippen molar-refractivity contribution in [2.45, 2.75) is 39.2 Å². The number of hydrogen-bond acceptors (Lipinski definition) is 3. The van der Waals surface area contributed by atoms with E-state index in [1.807, 2.05) is 13.0 Å². The van der Waals surface area contributed by atoms with Gasteiger partial charge in [-0.2, -0.15) is 5.26 Å². The first kappa shape index (κ1) is 10.9. The lowest BCUT2D eigenvalue weighted by atomic mass is 10.1. The smallest absolute Gasteiger partial charge is 0.144 e. The van der Waals surface area contributed by atoms with Crippen LogP contribution in [-0.4, -0.2) is 11.0 Å². The van der Waals surface area contributed by atoms with E-state index < -0.39 is 0 Å². The summed E-state index contributed by atoms with van der Waals surface area (Å²) in [5.74, 6) is 1.43. The van der Waals surface area contributed by atoms with Gasteiger partial charge in [-0.15, -0.1) is 0 Å². The molecule has 0 bridgehead atoms. The lowest BCUT2D eigenvalue weighted by molar-refractivity contribution is 0.554. The van der Waals surface area contributed by atoms with Gasteiger partial charge in [-0.3, -0.25) is 0 Å². The maximum Gasteiger partial charge on any atom is 0.144 e. The SMILES string of the molecule is Cc1ccnc(NC2CCCC2C)c1C#N. The average molecular weight is 215 g/mol. The van der Waals surface area contributed by atoms with Crippen molar-refractivity contribution in [3.05, 3.63) is 23.4 Å². The van der Waals surface area contributed by atoms with Gasteiger partial charge in [0.1, 0.15) is 11.9 Å². The van der Waals surface area contributed by atoms with Gasteiger partial charge in [-0.05, 0) is 37.3 Å². The van der Waals surface area contributed by atoms with Crippen LogP contribution in [-0.2, 0) is 0 Å². The Morgan fingerprint density at radius 3 is 2.94 bits per heavy atom. The van der Waals surface area contributed by atoms with E-state index in [-0.39, 0.29) is 0 Å². The van der Waals surface area contributed by atoms with E-state index in [1.165, 1.54) is 19.3 Å². The first-order valence-corrected chi connectivity index (χ1v) is 5.84. The normalized spacial score (nSPS) is 24.1. The van der Waals surface area contributed by atoms with Gasteiger partial charge >= 0.3 is 0 Å². The van der Waals surface area contributed by atoms with Gasteiger partial charge in [-0.1, -0.05) is 13.3 Å². The third kappa shape index (κ3) is 2.01. The summed E-state index contributed by atoms with van der Waals surface area (Å²) >= 11 is 0. The number of nitrogens with zero attached hydrogens (tertiary/aromatic N) is 2. The van der Waals surface area contributed by atoms with Crippen LogP contribution in [0.4, 0.5) is 5.82 Å². The van der Waals surface area contributed by atoms with Crippen LogP contribution in [0.25, 0.3) is 0 Å². The highest BCUT2D eigenvalue weighted by molar-refractivity contribution is 5.55. The van der Waals surface area contributed by atoms with Crippen LogP contribution in [0.2, 0.25) is 0 Å². The predicted molar refractivity (Wildman–Crippen MR) is 64.1 cm³/mol. The minimum absolute atomic E-state index is 0.474. The third-order valence-electron chi connectivity index (χ3n) is 3.45. The van der Waals surface area contributed by atoms with Crippen molar-refractivity contribution in [2.24, 2.45) is 5.92 Å². The Morgan fingerprint density at radius 1 is 1.50 bits per heavy atom. The molecular formula is C13H17N3. The fourth-order valence-corrected chi connectivity index (χ4v) is 2.34. The van der Waals surface area contributed by atoms with Crippen molar-refractivity contribution in [1.29, 1.82) is 5.26 Å². The van der Waals surface area contributed by atoms with Gasteiger partial charge in [0.25, 0.3) is 0 Å². The standard InChI is InChI=1S/C13H17N3/c1-9-6-7-15-13(11(9)8-14)16-12-5-3-4-10(12)2/h6-7,10,12H,3-5H2,1-2H3,(H,15,16). The second-order valence-electron chi connectivity index (χ2n) is 4.62. The number of aryl methyl sites for hydroxylation is 1. The monoisotopic (exact) mass is 215 g/mol. The van der Waals surface area contributed by atoms with Crippen LogP contribution < -0.4 is 5.32 Å². The summed E-state index contributed by atoms with van der Waals surface area (Å²) in [6.45, 7) is 4.20. The summed E-state index contributed by atoms with van der Waals surface area (Å²) in [6.07, 6.45) is 5.48. The van der Waals surface area contributed by atoms with Gasteiger partial charge in [0.15, 0.2) is 0 Å². The number of hydrogen-bond donors (Lipinski definition) is 1. The molecule has 84 valence electrons. The Kier molecular flexibility index (Phi) is 3.09. The molecule has 1 aliphatic carbocycles. The summed E-state index contributed by atoms with van der Waals surface area (Å²) in [5.41, 5.74) is 1.67. The molecular weight excluding hydrogens is 198 g/mol. The molecule has 3 nitrogen and oxygen atoms in total. The van der Waals surface area contributed by atoms with Gasteiger partial charge in [-0.25, -0.2) is 4.98 Å². The number of aromatic nitrogens is 1. The van der Waals surface area contributed by atoms with Crippen molar-refractivity contribution < 1.29 is 0 Å². The minimum atomic E-state index is 0.474. The zero-order chi connectivity index (χ0) is 11.5. The van der Waals surface area contributed by atoms with Crippen molar-refractivity contribution >= 4 is 5.82 Å². The van der Waals surface area contributed by atoms with Gasteiger partial charge in [0.05, 0.1) is 5.56 Å². The Hall–Kier alpha value is -1.56. The predicted octanol–water partition coefficient (Wildman–Crippen LogP) is 2.86. The molecule has 1 saturated carbocycles. The third-order valence-corrected chi connectivity index (χ3v) is 3.45. The van der Waals surface area contributed by atoms with Crippen LogP contribution in [0.3, 0.4) is 0 Å². The molecule has 2 rings (SSSR count). The Labute approximate surface area is 96.5 Å². The molecule has 2 unspecified atom stereocenters. The van der Waals surface area contributed by atoms with E-state index in [0.717, 1.165) is 11.4 Å². The topological polar surface area (TPSA) is 48.7 Å². The summed E-state index contributed by atoms with van der Waals surface area (Å²) in [5, 5.41) is 12.5. The molecule has 0 aliphatic heterocycles. The quantitative estimate of drug-likeness (QED) is 0.825. The maximum atomic E-state index is 9.11. The molecule has 0 saturated heterocycles. The van der Waals surface area contributed by atoms with Crippen molar-refractivity contribution in [3.63, 3.8) is 0 Å². The fraction of sp³-hybridized carbons (Fsp3) is 0.538. The molecule has 1 N–H and O–H groups in total. The van der Waals surface area contributed by atoms with E-state index in [4.69, 9.17) is 5.26 Å². The lowest BCUT2D eigenvalue weighted by Gasteiger charge is -2.18. The van der Waals surface area contributed by atoms with Crippen molar-refractivity contribution in [1.82, 2.24) is 4.98 Å². The van der Waals surface area contributed by atoms with E-state index >= 15 is 0 Å². The molecule has 0 amide bonds. The van der Waals surface area contributed by atoms with Crippen LogP contribution >= 0.6 is 0 Å². The van der Waals surface area contributed by atoms with E-state index in [0.29, 0.717) is 17.5 Å². The van der Waals surface area contributed by atoms with E-state index in [9.17, 15) is 0 Å². The second-order valence-corrected chi connectivity index (χ2v) is 4.62. The highest BCUT2D eigenvalue weighted by Gasteiger charge is 2.24. The lowest BCUT2D eigenvalue weighted by Crippen LogP contribution is -2.23. The van der Waals surface area contributed by atoms with E-state index in [1.54, 1.807) is 6.20 Å². The molecule has 3 heteroatoms. The molecule has 0 aromatic carbocycles. The summed E-state index contributed by atoms with van der Waals surface area (Å²) in [7, 11) is 0. The zero-order valence-corrected chi connectivity index (χ0v) is 9.83. The van der Waals surface area contributed by atoms with Crippen LogP contribution in [0, 0.1) is 24.2 Å². The number of nitriles is 1. The zero-order valence-electron chi connectivity index (χ0n) is 9.83. The molecule has 1 fully saturated rings. The summed E-state index contributed by atoms with van der Waals surface area (Å²) in [6, 6.07) is 4.58. The van der Waals surface area contributed by atoms with Gasteiger partial charge in [0.2, 0.25) is 0 Å². The molecule has 0 radical (unpaired) electrons. The maximum absolute atomic E-state index is 9.11. The number of nitrogens with one attached hydrogen (secondary N) is 1. The van der Waals surface area contributed by atoms with Gasteiger partial charge in [0, 0.05) is 12.2 Å². The first-order chi connectivity index (χ1) is 7.72. The second kappa shape index (κ2) is 4.52. The molecule has 1 aromatic heterocycles. The number of anilines is 1. The average Bonchev–Trinajstić information content (AvgIpc) is 2.65. The van der Waals surface area contributed by atoms with Crippen LogP contribution in [0.1, 0.15) is 37.3 Å². The van der Waals surface area contributed by atoms with Crippen molar-refractivity contribution in [3.8, 4) is 6.07 Å². The van der Waals surface area contributed by atoms with Crippen LogP contribution in [0.15, 0.2) is 12.3 Å². The minimum Gasteiger partial charge on any atom is -0.366 e. The largest absolute Gasteiger partial charge is 0.366 e. The molecule has 16 heavy (non-hydrogen) atoms. The Bertz CT molecular complexity index is 420. The Balaban J connectivity index is 2.21. The fourth-order valence-electron chi connectivity index (χ4n) is 2.34. The highest BCUT2D eigenvalue weighted by Crippen LogP contribution is 2.28.